The number of ether oxygens (including phenoxy) is 2. The fraction of sp³-hybridized carbons (Fsp3) is 0.333. The molecular weight excluding hydrogens is 394 g/mol. The van der Waals surface area contributed by atoms with Crippen molar-refractivity contribution in [3.05, 3.63) is 65.9 Å². The summed E-state index contributed by atoms with van der Waals surface area (Å²) in [5.41, 5.74) is 8.10. The average molecular weight is 424 g/mol. The molecule has 0 saturated heterocycles. The molecule has 31 heavy (non-hydrogen) atoms. The number of aliphatic hydroxyl groups is 1. The van der Waals surface area contributed by atoms with Crippen LogP contribution in [0.5, 0.6) is 5.75 Å². The number of aromatic nitrogens is 2. The van der Waals surface area contributed by atoms with Gasteiger partial charge < -0.3 is 20.3 Å². The minimum Gasteiger partial charge on any atom is -0.497 e. The Hall–Kier alpha value is -3.16. The van der Waals surface area contributed by atoms with Gasteiger partial charge in [-0.2, -0.15) is 5.10 Å². The molecule has 0 aliphatic heterocycles. The second kappa shape index (κ2) is 9.76. The van der Waals surface area contributed by atoms with Crippen LogP contribution in [0.1, 0.15) is 31.0 Å². The topological polar surface area (TPSA) is 99.6 Å². The number of esters is 1. The molecule has 0 aliphatic carbocycles. The van der Waals surface area contributed by atoms with E-state index in [1.165, 1.54) is 0 Å². The van der Waals surface area contributed by atoms with Crippen LogP contribution in [0, 0.1) is 6.92 Å². The van der Waals surface area contributed by atoms with Crippen LogP contribution in [0.2, 0.25) is 0 Å². The maximum atomic E-state index is 11.6. The molecule has 3 aromatic rings. The van der Waals surface area contributed by atoms with Crippen LogP contribution < -0.4 is 10.5 Å². The van der Waals surface area contributed by atoms with Gasteiger partial charge >= 0.3 is 5.97 Å². The Bertz CT molecular complexity index is 1010. The van der Waals surface area contributed by atoms with Gasteiger partial charge in [0.1, 0.15) is 18.0 Å². The molecule has 0 bridgehead atoms. The third-order valence-corrected chi connectivity index (χ3v) is 5.15. The zero-order valence-corrected chi connectivity index (χ0v) is 18.2. The Morgan fingerprint density at radius 1 is 1.16 bits per heavy atom. The van der Waals surface area contributed by atoms with Crippen LogP contribution in [0.3, 0.4) is 0 Å². The first-order chi connectivity index (χ1) is 14.9. The van der Waals surface area contributed by atoms with Crippen LogP contribution >= 0.6 is 0 Å². The summed E-state index contributed by atoms with van der Waals surface area (Å²) in [5.74, 6) is 0.173. The summed E-state index contributed by atoms with van der Waals surface area (Å²) < 4.78 is 12.2. The fourth-order valence-corrected chi connectivity index (χ4v) is 3.41. The number of aryl methyl sites for hydroxylation is 1. The molecule has 7 nitrogen and oxygen atoms in total. The number of methoxy groups -OCH3 is 1. The smallest absolute Gasteiger partial charge is 0.319 e. The molecule has 3 rings (SSSR count). The third kappa shape index (κ3) is 5.13. The van der Waals surface area contributed by atoms with Crippen molar-refractivity contribution in [1.29, 1.82) is 0 Å². The van der Waals surface area contributed by atoms with E-state index in [4.69, 9.17) is 20.3 Å². The van der Waals surface area contributed by atoms with E-state index >= 15 is 0 Å². The van der Waals surface area contributed by atoms with Crippen LogP contribution in [-0.2, 0) is 15.1 Å². The minimum absolute atomic E-state index is 0.205. The molecule has 0 saturated carbocycles. The summed E-state index contributed by atoms with van der Waals surface area (Å²) in [6.07, 6.45) is 1.07. The SMILES string of the molecule is CCCC(O)(COC(=O)CN)c1cc(-c2ccc(C)cc2)n(-c2ccc(OC)cc2)n1. The zero-order valence-electron chi connectivity index (χ0n) is 18.2. The van der Waals surface area contributed by atoms with Crippen molar-refractivity contribution in [3.63, 3.8) is 0 Å². The van der Waals surface area contributed by atoms with Crippen LogP contribution in [0.4, 0.5) is 0 Å². The fourth-order valence-electron chi connectivity index (χ4n) is 3.41. The maximum absolute atomic E-state index is 11.6. The van der Waals surface area contributed by atoms with Gasteiger partial charge in [-0.25, -0.2) is 4.68 Å². The number of benzene rings is 2. The number of carbonyl (C=O) groups excluding carboxylic acids is 1. The molecule has 0 fully saturated rings. The van der Waals surface area contributed by atoms with E-state index in [1.807, 2.05) is 68.4 Å². The van der Waals surface area contributed by atoms with Crippen molar-refractivity contribution < 1.29 is 19.4 Å². The lowest BCUT2D eigenvalue weighted by atomic mass is 9.94. The number of hydrogen-bond donors (Lipinski definition) is 2. The van der Waals surface area contributed by atoms with Gasteiger partial charge in [0, 0.05) is 5.56 Å². The molecule has 0 aliphatic rings. The van der Waals surface area contributed by atoms with E-state index in [9.17, 15) is 9.90 Å². The van der Waals surface area contributed by atoms with E-state index in [0.717, 1.165) is 28.3 Å². The van der Waals surface area contributed by atoms with Crippen molar-refractivity contribution >= 4 is 5.97 Å². The molecule has 3 N–H and O–H groups in total. The van der Waals surface area contributed by atoms with E-state index in [1.54, 1.807) is 11.8 Å². The molecule has 1 aromatic heterocycles. The highest BCUT2D eigenvalue weighted by atomic mass is 16.5. The summed E-state index contributed by atoms with van der Waals surface area (Å²) >= 11 is 0. The average Bonchev–Trinajstić information content (AvgIpc) is 3.24. The molecule has 1 unspecified atom stereocenters. The first-order valence-electron chi connectivity index (χ1n) is 10.3. The summed E-state index contributed by atoms with van der Waals surface area (Å²) in [4.78, 5) is 11.6. The van der Waals surface area contributed by atoms with Gasteiger partial charge in [0.2, 0.25) is 0 Å². The van der Waals surface area contributed by atoms with Crippen molar-refractivity contribution in [2.24, 2.45) is 5.73 Å². The van der Waals surface area contributed by atoms with Gasteiger partial charge in [-0.3, -0.25) is 4.79 Å². The highest BCUT2D eigenvalue weighted by Gasteiger charge is 2.34. The van der Waals surface area contributed by atoms with Gasteiger partial charge in [-0.1, -0.05) is 43.2 Å². The van der Waals surface area contributed by atoms with Gasteiger partial charge in [0.15, 0.2) is 0 Å². The zero-order chi connectivity index (χ0) is 22.4. The van der Waals surface area contributed by atoms with Crippen LogP contribution in [-0.4, -0.2) is 41.1 Å². The first kappa shape index (κ1) is 22.5. The van der Waals surface area contributed by atoms with Gasteiger partial charge in [-0.05, 0) is 43.7 Å². The highest BCUT2D eigenvalue weighted by molar-refractivity contribution is 5.71. The predicted octanol–water partition coefficient (Wildman–Crippen LogP) is 3.35. The number of rotatable bonds is 9. The second-order valence-electron chi connectivity index (χ2n) is 7.54. The van der Waals surface area contributed by atoms with Crippen LogP contribution in [0.25, 0.3) is 16.9 Å². The van der Waals surface area contributed by atoms with E-state index in [-0.39, 0.29) is 13.2 Å². The lowest BCUT2D eigenvalue weighted by Gasteiger charge is -2.25. The van der Waals surface area contributed by atoms with E-state index in [0.29, 0.717) is 18.5 Å². The third-order valence-electron chi connectivity index (χ3n) is 5.15. The number of nitrogens with zero attached hydrogens (tertiary/aromatic N) is 2. The monoisotopic (exact) mass is 423 g/mol. The molecule has 0 spiro atoms. The normalized spacial score (nSPS) is 12.9. The molecule has 164 valence electrons. The van der Waals surface area contributed by atoms with Crippen molar-refractivity contribution in [3.8, 4) is 22.7 Å². The van der Waals surface area contributed by atoms with Crippen molar-refractivity contribution in [2.75, 3.05) is 20.3 Å². The molecule has 2 aromatic carbocycles. The molecule has 0 radical (unpaired) electrons. The largest absolute Gasteiger partial charge is 0.497 e. The van der Waals surface area contributed by atoms with Crippen LogP contribution in [0.15, 0.2) is 54.6 Å². The lowest BCUT2D eigenvalue weighted by Crippen LogP contribution is -2.34. The lowest BCUT2D eigenvalue weighted by molar-refractivity contribution is -0.151. The Labute approximate surface area is 182 Å². The minimum atomic E-state index is -1.42. The number of nitrogens with two attached hydrogens (primary N) is 1. The second-order valence-corrected chi connectivity index (χ2v) is 7.54. The van der Waals surface area contributed by atoms with Gasteiger partial charge in [0.25, 0.3) is 0 Å². The molecule has 7 heteroatoms. The molecule has 1 heterocycles. The number of carbonyl (C=O) groups is 1. The molecular formula is C24H29N3O4. The van der Waals surface area contributed by atoms with E-state index in [2.05, 4.69) is 0 Å². The van der Waals surface area contributed by atoms with E-state index < -0.39 is 11.6 Å². The Kier molecular flexibility index (Phi) is 7.09. The van der Waals surface area contributed by atoms with Crippen molar-refractivity contribution in [2.45, 2.75) is 32.3 Å². The summed E-state index contributed by atoms with van der Waals surface area (Å²) in [7, 11) is 1.62. The predicted molar refractivity (Wildman–Crippen MR) is 119 cm³/mol. The Morgan fingerprint density at radius 2 is 1.84 bits per heavy atom. The summed E-state index contributed by atoms with van der Waals surface area (Å²) in [6, 6.07) is 17.5. The highest BCUT2D eigenvalue weighted by Crippen LogP contribution is 2.32. The summed E-state index contributed by atoms with van der Waals surface area (Å²) in [5, 5.41) is 16.1. The van der Waals surface area contributed by atoms with Gasteiger partial charge in [0.05, 0.1) is 30.7 Å². The first-order valence-corrected chi connectivity index (χ1v) is 10.3. The molecule has 1 atom stereocenters. The maximum Gasteiger partial charge on any atom is 0.319 e. The van der Waals surface area contributed by atoms with Gasteiger partial charge in [-0.15, -0.1) is 0 Å². The summed E-state index contributed by atoms with van der Waals surface area (Å²) in [6.45, 7) is 3.54. The van der Waals surface area contributed by atoms with Crippen molar-refractivity contribution in [1.82, 2.24) is 9.78 Å². The molecule has 0 amide bonds. The Balaban J connectivity index is 2.10. The Morgan fingerprint density at radius 3 is 2.42 bits per heavy atom. The quantitative estimate of drug-likeness (QED) is 0.512. The number of hydrogen-bond acceptors (Lipinski definition) is 6. The standard InChI is InChI=1S/C24H29N3O4/c1-4-13-24(29,16-31-23(28)15-25)22-14-21(18-7-5-17(2)6-8-18)27(26-22)19-9-11-20(30-3)12-10-19/h5-12,14,29H,4,13,15-16,25H2,1-3H3.